The molecule has 0 radical (unpaired) electrons. The van der Waals surface area contributed by atoms with Gasteiger partial charge in [0, 0.05) is 48.2 Å². The van der Waals surface area contributed by atoms with E-state index in [9.17, 15) is 4.79 Å². The lowest BCUT2D eigenvalue weighted by Crippen LogP contribution is -2.28. The molecule has 3 heterocycles. The van der Waals surface area contributed by atoms with Crippen molar-refractivity contribution >= 4 is 5.78 Å². The van der Waals surface area contributed by atoms with Gasteiger partial charge in [-0.05, 0) is 74.1 Å². The highest BCUT2D eigenvalue weighted by molar-refractivity contribution is 5.71. The quantitative estimate of drug-likeness (QED) is 0.167. The standard InChI is InChI=1S/C37H36FN5O3/c1-25-34(27-11-9-13-31(22-27)46-4)36(44)43-33(24-41(2)21-19-29-12-7-8-20-39-29)35(26-15-17-30(45-3)18-16-26)40-37(43)42(25)23-28-10-5-6-14-32(28)38/h5-18,20,22H,19,21,23-24H2,1-4H3. The van der Waals surface area contributed by atoms with Gasteiger partial charge in [-0.3, -0.25) is 9.78 Å². The second-order valence-electron chi connectivity index (χ2n) is 11.3. The van der Waals surface area contributed by atoms with Crippen molar-refractivity contribution in [3.63, 3.8) is 0 Å². The Hall–Kier alpha value is -5.28. The molecule has 9 heteroatoms. The number of rotatable bonds is 11. The minimum Gasteiger partial charge on any atom is -0.497 e. The third-order valence-electron chi connectivity index (χ3n) is 8.28. The van der Waals surface area contributed by atoms with Crippen LogP contribution in [-0.4, -0.2) is 51.6 Å². The number of likely N-dealkylation sites (N-methyl/N-ethyl adjacent to an activating group) is 1. The van der Waals surface area contributed by atoms with Crippen molar-refractivity contribution < 1.29 is 13.9 Å². The second kappa shape index (κ2) is 13.4. The Bertz CT molecular complexity index is 2040. The fraction of sp³-hybridized carbons (Fsp3) is 0.216. The Labute approximate surface area is 267 Å². The van der Waals surface area contributed by atoms with E-state index in [0.717, 1.165) is 29.1 Å². The second-order valence-corrected chi connectivity index (χ2v) is 11.3. The number of aromatic nitrogens is 4. The smallest absolute Gasteiger partial charge is 0.267 e. The molecule has 0 saturated carbocycles. The van der Waals surface area contributed by atoms with E-state index in [-0.39, 0.29) is 17.9 Å². The van der Waals surface area contributed by atoms with Gasteiger partial charge < -0.3 is 18.9 Å². The molecule has 0 amide bonds. The van der Waals surface area contributed by atoms with E-state index in [4.69, 9.17) is 14.5 Å². The third-order valence-corrected chi connectivity index (χ3v) is 8.28. The number of nitrogens with zero attached hydrogens (tertiary/aromatic N) is 5. The van der Waals surface area contributed by atoms with Gasteiger partial charge in [0.2, 0.25) is 5.78 Å². The summed E-state index contributed by atoms with van der Waals surface area (Å²) in [5.41, 5.74) is 5.42. The Kier molecular flexibility index (Phi) is 8.94. The van der Waals surface area contributed by atoms with Crippen molar-refractivity contribution in [2.75, 3.05) is 27.8 Å². The predicted molar refractivity (Wildman–Crippen MR) is 178 cm³/mol. The van der Waals surface area contributed by atoms with Crippen LogP contribution >= 0.6 is 0 Å². The molecule has 46 heavy (non-hydrogen) atoms. The summed E-state index contributed by atoms with van der Waals surface area (Å²) in [5.74, 6) is 1.47. The highest BCUT2D eigenvalue weighted by atomic mass is 19.1. The van der Waals surface area contributed by atoms with E-state index < -0.39 is 0 Å². The summed E-state index contributed by atoms with van der Waals surface area (Å²) in [5, 5.41) is 0. The molecule has 6 aromatic rings. The topological polar surface area (TPSA) is 73.9 Å². The van der Waals surface area contributed by atoms with Crippen LogP contribution < -0.4 is 15.0 Å². The molecule has 0 aliphatic heterocycles. The van der Waals surface area contributed by atoms with Gasteiger partial charge in [0.1, 0.15) is 17.3 Å². The summed E-state index contributed by atoms with van der Waals surface area (Å²) in [4.78, 5) is 26.5. The summed E-state index contributed by atoms with van der Waals surface area (Å²) in [6, 6.07) is 27.7. The van der Waals surface area contributed by atoms with Gasteiger partial charge >= 0.3 is 0 Å². The van der Waals surface area contributed by atoms with E-state index in [2.05, 4.69) is 9.88 Å². The molecule has 3 aromatic heterocycles. The van der Waals surface area contributed by atoms with Crippen molar-refractivity contribution in [3.8, 4) is 33.9 Å². The van der Waals surface area contributed by atoms with Crippen LogP contribution in [0.2, 0.25) is 0 Å². The number of hydrogen-bond donors (Lipinski definition) is 0. The van der Waals surface area contributed by atoms with Crippen LogP contribution in [0.3, 0.4) is 0 Å². The van der Waals surface area contributed by atoms with Crippen LogP contribution in [0.5, 0.6) is 11.5 Å². The highest BCUT2D eigenvalue weighted by Crippen LogP contribution is 2.31. The largest absolute Gasteiger partial charge is 0.497 e. The van der Waals surface area contributed by atoms with Crippen molar-refractivity contribution in [2.45, 2.75) is 26.4 Å². The molecule has 0 N–H and O–H groups in total. The first-order chi connectivity index (χ1) is 22.4. The minimum atomic E-state index is -0.321. The Morgan fingerprint density at radius 2 is 1.63 bits per heavy atom. The monoisotopic (exact) mass is 617 g/mol. The van der Waals surface area contributed by atoms with Crippen LogP contribution in [-0.2, 0) is 19.5 Å². The van der Waals surface area contributed by atoms with Crippen molar-refractivity contribution in [1.29, 1.82) is 0 Å². The molecule has 234 valence electrons. The van der Waals surface area contributed by atoms with Crippen LogP contribution in [0, 0.1) is 12.7 Å². The molecule has 0 fully saturated rings. The molecule has 0 unspecified atom stereocenters. The summed E-state index contributed by atoms with van der Waals surface area (Å²) in [7, 11) is 5.25. The number of fused-ring (bicyclic) bond motifs is 1. The molecule has 3 aromatic carbocycles. The third kappa shape index (κ3) is 6.14. The number of ether oxygens (including phenoxy) is 2. The molecule has 6 rings (SSSR count). The molecule has 0 atom stereocenters. The van der Waals surface area contributed by atoms with Gasteiger partial charge in [0.15, 0.2) is 0 Å². The first-order valence-electron chi connectivity index (χ1n) is 15.1. The summed E-state index contributed by atoms with van der Waals surface area (Å²) in [6.45, 7) is 3.22. The number of methoxy groups -OCH3 is 2. The Morgan fingerprint density at radius 1 is 0.870 bits per heavy atom. The van der Waals surface area contributed by atoms with Crippen LogP contribution in [0.15, 0.2) is 102 Å². The van der Waals surface area contributed by atoms with E-state index >= 15 is 4.39 Å². The maximum absolute atomic E-state index is 15.1. The number of pyridine rings is 1. The lowest BCUT2D eigenvalue weighted by Gasteiger charge is -2.20. The van der Waals surface area contributed by atoms with E-state index in [1.807, 2.05) is 91.3 Å². The number of benzene rings is 3. The Balaban J connectivity index is 1.59. The number of imidazole rings is 1. The van der Waals surface area contributed by atoms with Crippen molar-refractivity contribution in [3.05, 3.63) is 136 Å². The summed E-state index contributed by atoms with van der Waals surface area (Å²) >= 11 is 0. The zero-order valence-electron chi connectivity index (χ0n) is 26.4. The fourth-order valence-corrected chi connectivity index (χ4v) is 5.80. The molecule has 0 bridgehead atoms. The van der Waals surface area contributed by atoms with E-state index in [1.54, 1.807) is 36.9 Å². The zero-order valence-corrected chi connectivity index (χ0v) is 26.4. The zero-order chi connectivity index (χ0) is 32.2. The molecule has 0 aliphatic carbocycles. The molecule has 0 aliphatic rings. The lowest BCUT2D eigenvalue weighted by atomic mass is 10.0. The van der Waals surface area contributed by atoms with Crippen molar-refractivity contribution in [2.24, 2.45) is 0 Å². The molecule has 8 nitrogen and oxygen atoms in total. The van der Waals surface area contributed by atoms with Crippen LogP contribution in [0.1, 0.15) is 22.6 Å². The SMILES string of the molecule is COc1ccc(-c2nc3n(Cc4ccccc4F)c(C)c(-c4cccc(OC)c4)c(=O)n3c2CN(C)CCc2ccccn2)cc1. The van der Waals surface area contributed by atoms with Gasteiger partial charge in [-0.15, -0.1) is 0 Å². The maximum atomic E-state index is 15.1. The van der Waals surface area contributed by atoms with E-state index in [0.29, 0.717) is 52.7 Å². The van der Waals surface area contributed by atoms with Crippen LogP contribution in [0.25, 0.3) is 28.2 Å². The average Bonchev–Trinajstić information content (AvgIpc) is 3.46. The summed E-state index contributed by atoms with van der Waals surface area (Å²) < 4.78 is 29.6. The average molecular weight is 618 g/mol. The predicted octanol–water partition coefficient (Wildman–Crippen LogP) is 6.41. The van der Waals surface area contributed by atoms with Crippen molar-refractivity contribution in [1.82, 2.24) is 23.8 Å². The van der Waals surface area contributed by atoms with Gasteiger partial charge in [-0.1, -0.05) is 36.4 Å². The van der Waals surface area contributed by atoms with E-state index in [1.165, 1.54) is 6.07 Å². The number of hydrogen-bond acceptors (Lipinski definition) is 6. The molecule has 0 saturated heterocycles. The maximum Gasteiger partial charge on any atom is 0.267 e. The Morgan fingerprint density at radius 3 is 2.35 bits per heavy atom. The first kappa shape index (κ1) is 30.7. The number of halogens is 1. The summed E-state index contributed by atoms with van der Waals surface area (Å²) in [6.07, 6.45) is 2.54. The van der Waals surface area contributed by atoms with Gasteiger partial charge in [-0.2, -0.15) is 0 Å². The normalized spacial score (nSPS) is 11.3. The van der Waals surface area contributed by atoms with Crippen LogP contribution in [0.4, 0.5) is 4.39 Å². The first-order valence-corrected chi connectivity index (χ1v) is 15.1. The molecule has 0 spiro atoms. The van der Waals surface area contributed by atoms with Gasteiger partial charge in [-0.25, -0.2) is 13.8 Å². The van der Waals surface area contributed by atoms with Gasteiger partial charge in [0.05, 0.1) is 37.7 Å². The minimum absolute atomic E-state index is 0.188. The fourth-order valence-electron chi connectivity index (χ4n) is 5.80. The lowest BCUT2D eigenvalue weighted by molar-refractivity contribution is 0.325. The highest BCUT2D eigenvalue weighted by Gasteiger charge is 2.25. The van der Waals surface area contributed by atoms with Gasteiger partial charge in [0.25, 0.3) is 5.56 Å². The molecular weight excluding hydrogens is 581 g/mol. The molecular formula is C37H36FN5O3.